The van der Waals surface area contributed by atoms with Gasteiger partial charge in [0.15, 0.2) is 0 Å². The minimum atomic E-state index is 0. The summed E-state index contributed by atoms with van der Waals surface area (Å²) in [6.45, 7) is 2.65. The summed E-state index contributed by atoms with van der Waals surface area (Å²) in [5.41, 5.74) is 7.46. The molecule has 0 saturated heterocycles. The van der Waals surface area contributed by atoms with E-state index in [9.17, 15) is 0 Å². The first-order valence-corrected chi connectivity index (χ1v) is 3.04. The molecule has 0 saturated carbocycles. The lowest BCUT2D eigenvalue weighted by Gasteiger charge is -1.85. The maximum absolute atomic E-state index is 5.32. The number of halogens is 1. The largest absolute Gasteiger partial charge is 0.330 e. The predicted molar refractivity (Wildman–Crippen MR) is 43.3 cm³/mol. The van der Waals surface area contributed by atoms with E-state index in [4.69, 9.17) is 5.73 Å². The molecule has 0 aliphatic carbocycles. The number of hydrogen-bond donors (Lipinski definition) is 2. The fraction of sp³-hybridized carbons (Fsp3) is 0.500. The van der Waals surface area contributed by atoms with Gasteiger partial charge in [-0.15, -0.1) is 12.4 Å². The third-order valence-corrected chi connectivity index (χ3v) is 1.16. The van der Waals surface area contributed by atoms with Crippen LogP contribution in [0.25, 0.3) is 0 Å². The van der Waals surface area contributed by atoms with Crippen LogP contribution in [0.3, 0.4) is 0 Å². The van der Waals surface area contributed by atoms with Gasteiger partial charge in [0.05, 0.1) is 5.69 Å². The van der Waals surface area contributed by atoms with Gasteiger partial charge in [0.1, 0.15) is 0 Å². The molecule has 0 spiro atoms. The van der Waals surface area contributed by atoms with Gasteiger partial charge in [0.25, 0.3) is 0 Å². The Morgan fingerprint density at radius 3 is 2.80 bits per heavy atom. The average molecular weight is 162 g/mol. The second-order valence-electron chi connectivity index (χ2n) is 2.08. The van der Waals surface area contributed by atoms with Crippen molar-refractivity contribution in [2.24, 2.45) is 5.73 Å². The number of aromatic nitrogens is 2. The maximum atomic E-state index is 5.32. The summed E-state index contributed by atoms with van der Waals surface area (Å²) in [6, 6.07) is 2.01. The Balaban J connectivity index is 0.000000810. The van der Waals surface area contributed by atoms with Crippen molar-refractivity contribution in [3.05, 3.63) is 17.5 Å². The number of aryl methyl sites for hydroxylation is 1. The Bertz CT molecular complexity index is 185. The topological polar surface area (TPSA) is 54.7 Å². The van der Waals surface area contributed by atoms with Crippen molar-refractivity contribution in [2.75, 3.05) is 6.54 Å². The van der Waals surface area contributed by atoms with Crippen molar-refractivity contribution < 1.29 is 0 Å². The quantitative estimate of drug-likeness (QED) is 0.669. The molecular formula is C6H12ClN3. The van der Waals surface area contributed by atoms with Gasteiger partial charge in [-0.2, -0.15) is 5.10 Å². The molecule has 1 heterocycles. The molecule has 0 bridgehead atoms. The van der Waals surface area contributed by atoms with Gasteiger partial charge in [0, 0.05) is 12.1 Å². The highest BCUT2D eigenvalue weighted by molar-refractivity contribution is 5.85. The first-order valence-electron chi connectivity index (χ1n) is 3.04. The number of hydrogen-bond acceptors (Lipinski definition) is 2. The first-order chi connectivity index (χ1) is 4.33. The van der Waals surface area contributed by atoms with E-state index in [1.54, 1.807) is 0 Å². The number of nitrogens with two attached hydrogens (primary N) is 1. The van der Waals surface area contributed by atoms with E-state index in [0.29, 0.717) is 6.54 Å². The standard InChI is InChI=1S/C6H11N3.ClH/c1-5-4-6(2-3-7)9-8-5;/h4H,2-3,7H2,1H3,(H,8,9);1H. The molecule has 3 N–H and O–H groups in total. The molecule has 1 aromatic rings. The molecule has 0 aliphatic rings. The molecule has 10 heavy (non-hydrogen) atoms. The van der Waals surface area contributed by atoms with Gasteiger partial charge in [-0.3, -0.25) is 5.10 Å². The monoisotopic (exact) mass is 161 g/mol. The zero-order valence-electron chi connectivity index (χ0n) is 5.92. The SMILES string of the molecule is Cc1cc(CCN)n[nH]1.Cl. The van der Waals surface area contributed by atoms with E-state index in [-0.39, 0.29) is 12.4 Å². The molecule has 4 heteroatoms. The van der Waals surface area contributed by atoms with Crippen molar-refractivity contribution in [2.45, 2.75) is 13.3 Å². The molecule has 1 rings (SSSR count). The van der Waals surface area contributed by atoms with E-state index in [2.05, 4.69) is 10.2 Å². The summed E-state index contributed by atoms with van der Waals surface area (Å²) in [6.07, 6.45) is 0.865. The number of nitrogens with zero attached hydrogens (tertiary/aromatic N) is 1. The van der Waals surface area contributed by atoms with Crippen LogP contribution in [0.4, 0.5) is 0 Å². The second-order valence-corrected chi connectivity index (χ2v) is 2.08. The molecular weight excluding hydrogens is 150 g/mol. The van der Waals surface area contributed by atoms with E-state index in [0.717, 1.165) is 17.8 Å². The van der Waals surface area contributed by atoms with Crippen LogP contribution in [0.15, 0.2) is 6.07 Å². The van der Waals surface area contributed by atoms with Crippen LogP contribution in [-0.4, -0.2) is 16.7 Å². The minimum Gasteiger partial charge on any atom is -0.330 e. The molecule has 0 fully saturated rings. The predicted octanol–water partition coefficient (Wildman–Crippen LogP) is 0.641. The molecule has 0 atom stereocenters. The van der Waals surface area contributed by atoms with Gasteiger partial charge in [-0.1, -0.05) is 0 Å². The summed E-state index contributed by atoms with van der Waals surface area (Å²) in [5, 5.41) is 6.85. The van der Waals surface area contributed by atoms with E-state index < -0.39 is 0 Å². The lowest BCUT2D eigenvalue weighted by atomic mass is 10.3. The molecule has 58 valence electrons. The zero-order chi connectivity index (χ0) is 6.69. The van der Waals surface area contributed by atoms with Crippen LogP contribution in [0.2, 0.25) is 0 Å². The number of aromatic amines is 1. The molecule has 0 unspecified atom stereocenters. The Labute approximate surface area is 66.4 Å². The number of H-pyrrole nitrogens is 1. The zero-order valence-corrected chi connectivity index (χ0v) is 6.74. The Morgan fingerprint density at radius 2 is 2.40 bits per heavy atom. The minimum absolute atomic E-state index is 0. The Morgan fingerprint density at radius 1 is 1.70 bits per heavy atom. The smallest absolute Gasteiger partial charge is 0.0637 e. The maximum Gasteiger partial charge on any atom is 0.0637 e. The van der Waals surface area contributed by atoms with E-state index in [1.165, 1.54) is 0 Å². The van der Waals surface area contributed by atoms with Crippen LogP contribution >= 0.6 is 12.4 Å². The van der Waals surface area contributed by atoms with Crippen molar-refractivity contribution in [1.82, 2.24) is 10.2 Å². The highest BCUT2D eigenvalue weighted by Gasteiger charge is 1.93. The van der Waals surface area contributed by atoms with Crippen LogP contribution in [0.5, 0.6) is 0 Å². The van der Waals surface area contributed by atoms with Crippen LogP contribution in [0, 0.1) is 6.92 Å². The van der Waals surface area contributed by atoms with Crippen LogP contribution in [0.1, 0.15) is 11.4 Å². The molecule has 0 aromatic carbocycles. The summed E-state index contributed by atoms with van der Waals surface area (Å²) in [5.74, 6) is 0. The third-order valence-electron chi connectivity index (χ3n) is 1.16. The van der Waals surface area contributed by atoms with Crippen molar-refractivity contribution in [1.29, 1.82) is 0 Å². The van der Waals surface area contributed by atoms with Crippen molar-refractivity contribution in [3.63, 3.8) is 0 Å². The number of nitrogens with one attached hydrogen (secondary N) is 1. The van der Waals surface area contributed by atoms with Gasteiger partial charge in [-0.05, 0) is 19.5 Å². The fourth-order valence-corrected chi connectivity index (χ4v) is 0.750. The normalized spacial score (nSPS) is 9.00. The van der Waals surface area contributed by atoms with Gasteiger partial charge in [-0.25, -0.2) is 0 Å². The molecule has 0 aliphatic heterocycles. The second kappa shape index (κ2) is 4.30. The van der Waals surface area contributed by atoms with Gasteiger partial charge >= 0.3 is 0 Å². The van der Waals surface area contributed by atoms with Crippen molar-refractivity contribution in [3.8, 4) is 0 Å². The average Bonchev–Trinajstić information content (AvgIpc) is 2.17. The summed E-state index contributed by atoms with van der Waals surface area (Å²) >= 11 is 0. The van der Waals surface area contributed by atoms with Crippen molar-refractivity contribution >= 4 is 12.4 Å². The summed E-state index contributed by atoms with van der Waals surface area (Å²) in [7, 11) is 0. The highest BCUT2D eigenvalue weighted by atomic mass is 35.5. The lowest BCUT2D eigenvalue weighted by Crippen LogP contribution is -2.02. The van der Waals surface area contributed by atoms with E-state index >= 15 is 0 Å². The molecule has 1 aromatic heterocycles. The molecule has 0 radical (unpaired) electrons. The third kappa shape index (κ3) is 2.37. The summed E-state index contributed by atoms with van der Waals surface area (Å²) in [4.78, 5) is 0. The molecule has 0 amide bonds. The highest BCUT2D eigenvalue weighted by Crippen LogP contribution is 1.96. The molecule has 3 nitrogen and oxygen atoms in total. The summed E-state index contributed by atoms with van der Waals surface area (Å²) < 4.78 is 0. The fourth-order valence-electron chi connectivity index (χ4n) is 0.750. The van der Waals surface area contributed by atoms with Gasteiger partial charge in [0.2, 0.25) is 0 Å². The van der Waals surface area contributed by atoms with Gasteiger partial charge < -0.3 is 5.73 Å². The van der Waals surface area contributed by atoms with E-state index in [1.807, 2.05) is 13.0 Å². The number of rotatable bonds is 2. The van der Waals surface area contributed by atoms with Crippen LogP contribution < -0.4 is 5.73 Å². The van der Waals surface area contributed by atoms with Crippen LogP contribution in [-0.2, 0) is 6.42 Å². The Hall–Kier alpha value is -0.540. The first kappa shape index (κ1) is 9.46. The Kier molecular flexibility index (Phi) is 4.07. The lowest BCUT2D eigenvalue weighted by molar-refractivity contribution is 0.898.